The van der Waals surface area contributed by atoms with Crippen LogP contribution in [-0.2, 0) is 0 Å². The maximum atomic E-state index is 5.27. The lowest BCUT2D eigenvalue weighted by Gasteiger charge is -2.17. The topological polar surface area (TPSA) is 76.4 Å². The van der Waals surface area contributed by atoms with Gasteiger partial charge >= 0.3 is 0 Å². The molecule has 0 saturated heterocycles. The Bertz CT molecular complexity index is 91.6. The zero-order chi connectivity index (χ0) is 7.33. The predicted octanol–water partition coefficient (Wildman–Crippen LogP) is -0.919. The fourth-order valence-electron chi connectivity index (χ4n) is 0.257. The van der Waals surface area contributed by atoms with E-state index in [-0.39, 0.29) is 4.81 Å². The molecule has 0 bridgehead atoms. The minimum Gasteiger partial charge on any atom is -0.141 e. The highest BCUT2D eigenvalue weighted by Gasteiger charge is 2.03. The second-order valence-corrected chi connectivity index (χ2v) is 1.97. The number of rotatable bonds is 3. The molecule has 0 spiro atoms. The average Bonchev–Trinajstić information content (AvgIpc) is 1.63. The highest BCUT2D eigenvalue weighted by molar-refractivity contribution is 5.55. The van der Waals surface area contributed by atoms with Crippen molar-refractivity contribution in [2.45, 2.75) is 13.3 Å². The van der Waals surface area contributed by atoms with Gasteiger partial charge in [0.1, 0.15) is 7.05 Å². The quantitative estimate of drug-likeness (QED) is 0.201. The van der Waals surface area contributed by atoms with Crippen molar-refractivity contribution in [1.29, 1.82) is 0 Å². The van der Waals surface area contributed by atoms with Gasteiger partial charge in [0.15, 0.2) is 0 Å². The Morgan fingerprint density at radius 2 is 2.22 bits per heavy atom. The largest absolute Gasteiger partial charge is 0.141 e. The molecule has 0 aromatic carbocycles. The van der Waals surface area contributed by atoms with Crippen molar-refractivity contribution in [3.05, 3.63) is 0 Å². The number of nitrogens with zero attached hydrogens (tertiary/aromatic N) is 2. The fraction of sp³-hybridized carbons (Fsp3) is 0.750. The molecule has 0 aromatic rings. The average molecular weight is 132 g/mol. The Balaban J connectivity index is 3.38. The third-order valence-corrected chi connectivity index (χ3v) is 0.547. The van der Waals surface area contributed by atoms with Crippen LogP contribution in [0, 0.1) is 0 Å². The molecule has 9 heavy (non-hydrogen) atoms. The van der Waals surface area contributed by atoms with Crippen LogP contribution in [0.25, 0.3) is 0 Å². The Kier molecular flexibility index (Phi) is 3.15. The summed E-state index contributed by atoms with van der Waals surface area (Å²) in [5, 5.41) is 3.71. The monoisotopic (exact) mass is 132 g/mol. The van der Waals surface area contributed by atoms with E-state index in [1.165, 1.54) is 0 Å². The lowest BCUT2D eigenvalue weighted by molar-refractivity contribution is -0.976. The first kappa shape index (κ1) is 8.35. The van der Waals surface area contributed by atoms with Gasteiger partial charge < -0.3 is 0 Å². The summed E-state index contributed by atoms with van der Waals surface area (Å²) in [4.78, 5) is -0.337. The second kappa shape index (κ2) is 3.39. The van der Waals surface area contributed by atoms with Crippen molar-refractivity contribution in [2.75, 3.05) is 7.05 Å². The van der Waals surface area contributed by atoms with E-state index in [1.54, 1.807) is 13.3 Å². The predicted molar refractivity (Wildman–Crippen MR) is 36.5 cm³/mol. The summed E-state index contributed by atoms with van der Waals surface area (Å²) in [5.74, 6) is 10.5. The molecule has 5 N–H and O–H groups in total. The van der Waals surface area contributed by atoms with Gasteiger partial charge in [-0.3, -0.25) is 0 Å². The van der Waals surface area contributed by atoms with Gasteiger partial charge in [-0.1, -0.05) is 11.7 Å². The van der Waals surface area contributed by atoms with Gasteiger partial charge in [-0.2, -0.15) is 0 Å². The molecule has 0 aliphatic carbocycles. The second-order valence-electron chi connectivity index (χ2n) is 1.97. The fourth-order valence-corrected chi connectivity index (χ4v) is 0.257. The van der Waals surface area contributed by atoms with Crippen molar-refractivity contribution in [3.8, 4) is 0 Å². The van der Waals surface area contributed by atoms with Crippen LogP contribution < -0.4 is 17.2 Å². The molecule has 0 aliphatic heterocycles. The van der Waals surface area contributed by atoms with Gasteiger partial charge in [-0.25, -0.2) is 0 Å². The van der Waals surface area contributed by atoms with Gasteiger partial charge in [-0.05, 0) is 6.42 Å². The maximum Gasteiger partial charge on any atom is 0.131 e. The van der Waals surface area contributed by atoms with E-state index in [0.717, 1.165) is 6.42 Å². The Labute approximate surface area is 54.8 Å². The lowest BCUT2D eigenvalue weighted by atomic mass is 10.6. The Hall–Kier alpha value is -0.650. The van der Waals surface area contributed by atoms with Crippen LogP contribution in [0.3, 0.4) is 0 Å². The summed E-state index contributed by atoms with van der Waals surface area (Å²) in [6, 6.07) is 0. The molecule has 0 rings (SSSR count). The first-order valence-electron chi connectivity index (χ1n) is 2.78. The highest BCUT2D eigenvalue weighted by Crippen LogP contribution is 1.69. The van der Waals surface area contributed by atoms with E-state index in [0.29, 0.717) is 0 Å². The molecule has 0 aromatic heterocycles. The van der Waals surface area contributed by atoms with Crippen molar-refractivity contribution in [2.24, 2.45) is 16.8 Å². The number of nitrogens with one attached hydrogen (secondary N) is 1. The third kappa shape index (κ3) is 7.35. The van der Waals surface area contributed by atoms with Crippen LogP contribution in [0.1, 0.15) is 13.3 Å². The summed E-state index contributed by atoms with van der Waals surface area (Å²) in [7, 11) is 1.58. The number of hydrogen-bond donors (Lipinski definition) is 3. The van der Waals surface area contributed by atoms with Gasteiger partial charge in [0.2, 0.25) is 0 Å². The smallest absolute Gasteiger partial charge is 0.131 e. The lowest BCUT2D eigenvalue weighted by Crippen LogP contribution is -2.64. The minimum atomic E-state index is -0.337. The molecule has 0 fully saturated rings. The molecule has 0 saturated carbocycles. The number of hydrazone groups is 1. The van der Waals surface area contributed by atoms with Crippen molar-refractivity contribution in [3.63, 3.8) is 0 Å². The first-order valence-corrected chi connectivity index (χ1v) is 2.78. The van der Waals surface area contributed by atoms with Crippen LogP contribution in [0.15, 0.2) is 5.10 Å². The molecule has 0 amide bonds. The van der Waals surface area contributed by atoms with Crippen molar-refractivity contribution >= 4 is 6.21 Å². The van der Waals surface area contributed by atoms with Crippen LogP contribution in [0.4, 0.5) is 0 Å². The van der Waals surface area contributed by atoms with Crippen molar-refractivity contribution < 1.29 is 4.81 Å². The van der Waals surface area contributed by atoms with Crippen molar-refractivity contribution in [1.82, 2.24) is 5.53 Å². The van der Waals surface area contributed by atoms with Crippen LogP contribution in [0.5, 0.6) is 0 Å². The summed E-state index contributed by atoms with van der Waals surface area (Å²) in [6.07, 6.45) is 2.56. The normalized spacial score (nSPS) is 12.4. The van der Waals surface area contributed by atoms with E-state index in [1.807, 2.05) is 6.92 Å². The molecular weight excluding hydrogens is 118 g/mol. The number of hydrogen-bond acceptors (Lipinski definition) is 4. The van der Waals surface area contributed by atoms with E-state index in [9.17, 15) is 0 Å². The SMILES string of the molecule is CC/C=N\N[N+](C)(N)N. The molecule has 0 heterocycles. The molecule has 0 radical (unpaired) electrons. The molecular formula is C4H14N5+. The van der Waals surface area contributed by atoms with Gasteiger partial charge in [0, 0.05) is 6.21 Å². The van der Waals surface area contributed by atoms with Crippen LogP contribution in [-0.4, -0.2) is 18.1 Å². The summed E-state index contributed by atoms with van der Waals surface area (Å²) >= 11 is 0. The highest BCUT2D eigenvalue weighted by atomic mass is 16.0. The third-order valence-electron chi connectivity index (χ3n) is 0.547. The molecule has 0 unspecified atom stereocenters. The number of quaternary nitrogens is 1. The molecule has 0 aliphatic rings. The van der Waals surface area contributed by atoms with E-state index in [4.69, 9.17) is 11.7 Å². The van der Waals surface area contributed by atoms with E-state index < -0.39 is 0 Å². The molecule has 5 heteroatoms. The summed E-state index contributed by atoms with van der Waals surface area (Å²) in [6.45, 7) is 1.97. The van der Waals surface area contributed by atoms with E-state index in [2.05, 4.69) is 10.6 Å². The van der Waals surface area contributed by atoms with Gasteiger partial charge in [0.05, 0.1) is 0 Å². The minimum absolute atomic E-state index is 0.337. The maximum absolute atomic E-state index is 5.27. The Morgan fingerprint density at radius 3 is 2.56 bits per heavy atom. The zero-order valence-corrected chi connectivity index (χ0v) is 5.83. The van der Waals surface area contributed by atoms with Crippen LogP contribution >= 0.6 is 0 Å². The molecule has 0 atom stereocenters. The summed E-state index contributed by atoms with van der Waals surface area (Å²) < 4.78 is 0. The standard InChI is InChI=1S/C4H14N5/c1-3-4-7-8-9(2,5)6/h4,8H,3,5-6H2,1-2H3/q+1/b7-4-. The Morgan fingerprint density at radius 1 is 1.67 bits per heavy atom. The van der Waals surface area contributed by atoms with Gasteiger partial charge in [-0.15, -0.1) is 22.3 Å². The number of nitrogens with two attached hydrogens (primary N) is 2. The zero-order valence-electron chi connectivity index (χ0n) is 5.83. The first-order chi connectivity index (χ1) is 4.06. The van der Waals surface area contributed by atoms with E-state index >= 15 is 0 Å². The van der Waals surface area contributed by atoms with Gasteiger partial charge in [0.25, 0.3) is 0 Å². The molecule has 54 valence electrons. The molecule has 5 nitrogen and oxygen atoms in total. The summed E-state index contributed by atoms with van der Waals surface area (Å²) in [5.41, 5.74) is 2.49. The van der Waals surface area contributed by atoms with Crippen LogP contribution in [0.2, 0.25) is 0 Å².